The van der Waals surface area contributed by atoms with Crippen molar-refractivity contribution in [2.75, 3.05) is 13.1 Å². The van der Waals surface area contributed by atoms with Gasteiger partial charge in [-0.2, -0.15) is 5.53 Å². The predicted molar refractivity (Wildman–Crippen MR) is 102 cm³/mol. The Hall–Kier alpha value is -2.20. The second-order valence-corrected chi connectivity index (χ2v) is 7.21. The van der Waals surface area contributed by atoms with Crippen molar-refractivity contribution in [3.63, 3.8) is 0 Å². The van der Waals surface area contributed by atoms with Crippen LogP contribution in [0.1, 0.15) is 37.0 Å². The maximum Gasteiger partial charge on any atom is 0.297 e. The molecule has 2 unspecified atom stereocenters. The highest BCUT2D eigenvalue weighted by Gasteiger charge is 2.72. The smallest absolute Gasteiger partial charge is 0.297 e. The standard InChI is InChI=1S/C21H28N3O/c1-6-21(25-20-11-8-15(3)12-17(20)5)14-24(21,7-2)18-9-10-19(23-22)16(4)13-18/h8-13,22H,6-7,14H2,1-5H3/q+1/p+1. The van der Waals surface area contributed by atoms with Crippen molar-refractivity contribution in [2.45, 2.75) is 46.8 Å². The van der Waals surface area contributed by atoms with Crippen LogP contribution in [0.15, 0.2) is 41.5 Å². The zero-order valence-corrected chi connectivity index (χ0v) is 16.0. The number of hydrogen-bond acceptors (Lipinski definition) is 2. The maximum atomic E-state index is 6.63. The van der Waals surface area contributed by atoms with Crippen molar-refractivity contribution in [3.05, 3.63) is 53.1 Å². The van der Waals surface area contributed by atoms with Crippen LogP contribution in [0.3, 0.4) is 0 Å². The molecule has 4 nitrogen and oxygen atoms in total. The van der Waals surface area contributed by atoms with Gasteiger partial charge in [0.25, 0.3) is 5.72 Å². The van der Waals surface area contributed by atoms with Crippen LogP contribution in [0.5, 0.6) is 5.75 Å². The Morgan fingerprint density at radius 1 is 1.08 bits per heavy atom. The first-order chi connectivity index (χ1) is 11.9. The highest BCUT2D eigenvalue weighted by Crippen LogP contribution is 2.51. The van der Waals surface area contributed by atoms with Crippen molar-refractivity contribution in [1.82, 2.24) is 4.48 Å². The lowest BCUT2D eigenvalue weighted by molar-refractivity contribution is -0.210. The van der Waals surface area contributed by atoms with Crippen molar-refractivity contribution >= 4 is 11.4 Å². The molecule has 2 atom stereocenters. The number of hydrogen-bond donors (Lipinski definition) is 1. The fraction of sp³-hybridized carbons (Fsp3) is 0.429. The van der Waals surface area contributed by atoms with E-state index >= 15 is 0 Å². The predicted octanol–water partition coefficient (Wildman–Crippen LogP) is 3.98. The second-order valence-electron chi connectivity index (χ2n) is 7.21. The molecule has 2 aromatic carbocycles. The molecule has 1 heterocycles. The Balaban J connectivity index is 1.97. The normalized spacial score (nSPS) is 24.8. The minimum absolute atomic E-state index is 0.192. The number of ether oxygens (including phenoxy) is 1. The number of benzene rings is 2. The second kappa shape index (κ2) is 6.26. The lowest BCUT2D eigenvalue weighted by atomic mass is 10.1. The number of rotatable bonds is 6. The average Bonchev–Trinajstić information content (AvgIpc) is 3.27. The van der Waals surface area contributed by atoms with Gasteiger partial charge in [0.1, 0.15) is 17.1 Å². The zero-order chi connectivity index (χ0) is 18.2. The van der Waals surface area contributed by atoms with Crippen molar-refractivity contribution in [2.24, 2.45) is 5.11 Å². The van der Waals surface area contributed by atoms with Crippen LogP contribution in [0, 0.1) is 20.8 Å². The third kappa shape index (κ3) is 2.74. The van der Waals surface area contributed by atoms with Gasteiger partial charge in [0.2, 0.25) is 0 Å². The monoisotopic (exact) mass is 339 g/mol. The SMILES string of the molecule is CCC1(Oc2ccc(C)cc2C)C[N+]1(CC)c1ccc(N=[NH2+])c(C)c1. The maximum absolute atomic E-state index is 6.63. The van der Waals surface area contributed by atoms with E-state index in [1.807, 2.05) is 6.07 Å². The molecular weight excluding hydrogens is 310 g/mol. The molecule has 0 aromatic heterocycles. The summed E-state index contributed by atoms with van der Waals surface area (Å²) in [7, 11) is 0. The molecule has 2 aromatic rings. The van der Waals surface area contributed by atoms with Gasteiger partial charge in [0.05, 0.1) is 6.54 Å². The van der Waals surface area contributed by atoms with Crippen LogP contribution >= 0.6 is 0 Å². The summed E-state index contributed by atoms with van der Waals surface area (Å²) in [5, 5.41) is 3.85. The molecule has 0 radical (unpaired) electrons. The van der Waals surface area contributed by atoms with Gasteiger partial charge < -0.3 is 4.74 Å². The van der Waals surface area contributed by atoms with Gasteiger partial charge in [-0.15, -0.1) is 0 Å². The molecule has 3 rings (SSSR count). The summed E-state index contributed by atoms with van der Waals surface area (Å²) >= 11 is 0. The van der Waals surface area contributed by atoms with Gasteiger partial charge in [-0.1, -0.05) is 24.6 Å². The Bertz CT molecular complexity index is 817. The van der Waals surface area contributed by atoms with E-state index in [1.165, 1.54) is 16.8 Å². The van der Waals surface area contributed by atoms with Crippen LogP contribution in [-0.4, -0.2) is 18.8 Å². The van der Waals surface area contributed by atoms with E-state index in [2.05, 4.69) is 70.1 Å². The molecule has 132 valence electrons. The molecule has 2 N–H and O–H groups in total. The minimum Gasteiger partial charge on any atom is -0.434 e. The number of quaternary nitrogens is 1. The Morgan fingerprint density at radius 2 is 1.84 bits per heavy atom. The van der Waals surface area contributed by atoms with Crippen LogP contribution < -0.4 is 14.8 Å². The van der Waals surface area contributed by atoms with Gasteiger partial charge in [-0.05, 0) is 56.1 Å². The molecule has 0 aliphatic carbocycles. The fourth-order valence-electron chi connectivity index (χ4n) is 4.07. The molecule has 1 saturated heterocycles. The molecule has 0 saturated carbocycles. The van der Waals surface area contributed by atoms with E-state index in [1.54, 1.807) is 0 Å². The first-order valence-electron chi connectivity index (χ1n) is 9.07. The topological polar surface area (TPSA) is 47.2 Å². The van der Waals surface area contributed by atoms with Gasteiger partial charge in [0, 0.05) is 18.6 Å². The minimum atomic E-state index is -0.192. The van der Waals surface area contributed by atoms with Gasteiger partial charge in [-0.3, -0.25) is 0 Å². The molecule has 25 heavy (non-hydrogen) atoms. The van der Waals surface area contributed by atoms with E-state index in [0.717, 1.165) is 41.0 Å². The third-order valence-corrected chi connectivity index (χ3v) is 5.73. The summed E-state index contributed by atoms with van der Waals surface area (Å²) < 4.78 is 7.48. The molecular formula is C21H29N3O+2. The summed E-state index contributed by atoms with van der Waals surface area (Å²) in [5.41, 5.74) is 11.0. The molecule has 1 aliphatic rings. The summed E-state index contributed by atoms with van der Waals surface area (Å²) in [4.78, 5) is 0. The molecule has 1 fully saturated rings. The quantitative estimate of drug-likeness (QED) is 0.483. The zero-order valence-electron chi connectivity index (χ0n) is 16.0. The van der Waals surface area contributed by atoms with Crippen molar-refractivity contribution < 1.29 is 10.3 Å². The van der Waals surface area contributed by atoms with Crippen molar-refractivity contribution in [1.29, 1.82) is 0 Å². The Morgan fingerprint density at radius 3 is 2.40 bits per heavy atom. The summed E-state index contributed by atoms with van der Waals surface area (Å²) in [6, 6.07) is 12.8. The van der Waals surface area contributed by atoms with Gasteiger partial charge in [-0.25, -0.2) is 4.48 Å². The summed E-state index contributed by atoms with van der Waals surface area (Å²) in [6.07, 6.45) is 0.968. The fourth-order valence-corrected chi connectivity index (χ4v) is 4.07. The van der Waals surface area contributed by atoms with Crippen LogP contribution in [0.4, 0.5) is 11.4 Å². The number of nitrogens with two attached hydrogens (primary N) is 1. The van der Waals surface area contributed by atoms with E-state index < -0.39 is 0 Å². The number of aryl methyl sites for hydroxylation is 3. The average molecular weight is 339 g/mol. The van der Waals surface area contributed by atoms with Gasteiger partial charge >= 0.3 is 0 Å². The van der Waals surface area contributed by atoms with Crippen molar-refractivity contribution in [3.8, 4) is 5.75 Å². The molecule has 0 spiro atoms. The van der Waals surface area contributed by atoms with Crippen LogP contribution in [0.25, 0.3) is 0 Å². The summed E-state index contributed by atoms with van der Waals surface area (Å²) in [6.45, 7) is 12.7. The third-order valence-electron chi connectivity index (χ3n) is 5.73. The van der Waals surface area contributed by atoms with E-state index in [9.17, 15) is 0 Å². The van der Waals surface area contributed by atoms with Crippen LogP contribution in [0.2, 0.25) is 0 Å². The van der Waals surface area contributed by atoms with E-state index in [-0.39, 0.29) is 5.72 Å². The largest absolute Gasteiger partial charge is 0.434 e. The Kier molecular flexibility index (Phi) is 4.41. The highest BCUT2D eigenvalue weighted by atomic mass is 16.5. The first-order valence-corrected chi connectivity index (χ1v) is 9.07. The highest BCUT2D eigenvalue weighted by molar-refractivity contribution is 5.59. The molecule has 0 bridgehead atoms. The lowest BCUT2D eigenvalue weighted by Crippen LogP contribution is -2.40. The molecule has 1 aliphatic heterocycles. The number of nitrogens with zero attached hydrogens (tertiary/aromatic N) is 2. The molecule has 4 heteroatoms. The van der Waals surface area contributed by atoms with E-state index in [4.69, 9.17) is 10.3 Å². The van der Waals surface area contributed by atoms with Gasteiger partial charge in [0.15, 0.2) is 6.54 Å². The lowest BCUT2D eigenvalue weighted by Gasteiger charge is -2.26. The molecule has 0 amide bonds. The number of likely N-dealkylation sites (N-methyl/N-ethyl adjacent to an activating group) is 1. The van der Waals surface area contributed by atoms with E-state index in [0.29, 0.717) is 0 Å². The summed E-state index contributed by atoms with van der Waals surface area (Å²) in [5.74, 6) is 0.992. The van der Waals surface area contributed by atoms with Crippen LogP contribution in [-0.2, 0) is 0 Å². The first kappa shape index (κ1) is 17.6. The Labute approximate surface area is 150 Å².